The van der Waals surface area contributed by atoms with Gasteiger partial charge in [-0.2, -0.15) is 0 Å². The molecule has 8 heteroatoms. The van der Waals surface area contributed by atoms with Crippen molar-refractivity contribution in [3.63, 3.8) is 0 Å². The van der Waals surface area contributed by atoms with E-state index < -0.39 is 11.6 Å². The number of amides is 2. The van der Waals surface area contributed by atoms with Gasteiger partial charge in [-0.3, -0.25) is 0 Å². The number of hydrogen-bond donors (Lipinski definition) is 1. The monoisotopic (exact) mass is 361 g/mol. The summed E-state index contributed by atoms with van der Waals surface area (Å²) in [6.07, 6.45) is 0. The Morgan fingerprint density at radius 3 is 2.46 bits per heavy atom. The molecule has 1 fully saturated rings. The molecule has 1 N–H and O–H groups in total. The van der Waals surface area contributed by atoms with Gasteiger partial charge in [-0.25, -0.2) is 13.6 Å². The van der Waals surface area contributed by atoms with Crippen molar-refractivity contribution in [3.8, 4) is 11.5 Å². The zero-order valence-electron chi connectivity index (χ0n) is 13.9. The first-order chi connectivity index (χ1) is 12.6. The van der Waals surface area contributed by atoms with Crippen molar-refractivity contribution in [1.82, 2.24) is 4.90 Å². The van der Waals surface area contributed by atoms with Crippen LogP contribution in [0.2, 0.25) is 0 Å². The maximum atomic E-state index is 13.2. The molecule has 0 radical (unpaired) electrons. The molecule has 4 rings (SSSR count). The van der Waals surface area contributed by atoms with Crippen molar-refractivity contribution in [2.75, 3.05) is 43.2 Å². The third kappa shape index (κ3) is 3.22. The summed E-state index contributed by atoms with van der Waals surface area (Å²) in [5, 5.41) is 2.59. The second-order valence-corrected chi connectivity index (χ2v) is 6.07. The molecule has 2 aliphatic rings. The zero-order valence-corrected chi connectivity index (χ0v) is 13.9. The molecule has 136 valence electrons. The van der Waals surface area contributed by atoms with E-state index in [1.165, 1.54) is 6.07 Å². The number of rotatable bonds is 2. The van der Waals surface area contributed by atoms with Crippen molar-refractivity contribution >= 4 is 17.4 Å². The van der Waals surface area contributed by atoms with Crippen LogP contribution in [-0.2, 0) is 0 Å². The number of carbonyl (C=O) groups excluding carboxylic acids is 1. The zero-order chi connectivity index (χ0) is 18.1. The van der Waals surface area contributed by atoms with Gasteiger partial charge in [-0.15, -0.1) is 0 Å². The SMILES string of the molecule is O=C(Nc1ccc(F)c(F)c1)N1CCN(c2ccc3c(c2)OCO3)CC1. The van der Waals surface area contributed by atoms with Gasteiger partial charge in [0.1, 0.15) is 0 Å². The number of hydrogen-bond acceptors (Lipinski definition) is 4. The number of carbonyl (C=O) groups is 1. The third-order valence-electron chi connectivity index (χ3n) is 4.46. The fraction of sp³-hybridized carbons (Fsp3) is 0.278. The molecule has 6 nitrogen and oxygen atoms in total. The number of fused-ring (bicyclic) bond motifs is 1. The highest BCUT2D eigenvalue weighted by atomic mass is 19.2. The standard InChI is InChI=1S/C18H17F2N3O3/c19-14-3-1-12(9-15(14)20)21-18(24)23-7-5-22(6-8-23)13-2-4-16-17(10-13)26-11-25-16/h1-4,9-10H,5-8,11H2,(H,21,24). The fourth-order valence-corrected chi connectivity index (χ4v) is 3.03. The molecule has 0 aliphatic carbocycles. The number of halogens is 2. The topological polar surface area (TPSA) is 54.0 Å². The Morgan fingerprint density at radius 2 is 1.69 bits per heavy atom. The van der Waals surface area contributed by atoms with Crippen LogP contribution in [-0.4, -0.2) is 43.9 Å². The summed E-state index contributed by atoms with van der Waals surface area (Å²) in [5.41, 5.74) is 1.24. The lowest BCUT2D eigenvalue weighted by atomic mass is 10.2. The van der Waals surface area contributed by atoms with Crippen molar-refractivity contribution in [2.24, 2.45) is 0 Å². The maximum absolute atomic E-state index is 13.2. The lowest BCUT2D eigenvalue weighted by Crippen LogP contribution is -2.50. The summed E-state index contributed by atoms with van der Waals surface area (Å²) >= 11 is 0. The number of anilines is 2. The van der Waals surface area contributed by atoms with E-state index >= 15 is 0 Å². The lowest BCUT2D eigenvalue weighted by molar-refractivity contribution is 0.174. The van der Waals surface area contributed by atoms with Gasteiger partial charge < -0.3 is 24.6 Å². The largest absolute Gasteiger partial charge is 0.454 e. The van der Waals surface area contributed by atoms with Gasteiger partial charge in [0.2, 0.25) is 6.79 Å². The van der Waals surface area contributed by atoms with Crippen molar-refractivity contribution in [2.45, 2.75) is 0 Å². The molecule has 2 aromatic carbocycles. The minimum Gasteiger partial charge on any atom is -0.454 e. The Bertz CT molecular complexity index is 838. The van der Waals surface area contributed by atoms with Crippen LogP contribution in [0.5, 0.6) is 11.5 Å². The highest BCUT2D eigenvalue weighted by Crippen LogP contribution is 2.35. The molecule has 0 aromatic heterocycles. The average molecular weight is 361 g/mol. The molecular weight excluding hydrogens is 344 g/mol. The van der Waals surface area contributed by atoms with E-state index in [1.807, 2.05) is 18.2 Å². The van der Waals surface area contributed by atoms with Crippen molar-refractivity contribution < 1.29 is 23.0 Å². The van der Waals surface area contributed by atoms with E-state index in [0.717, 1.165) is 29.3 Å². The van der Waals surface area contributed by atoms with Gasteiger partial charge in [0.15, 0.2) is 23.1 Å². The number of nitrogens with one attached hydrogen (secondary N) is 1. The Morgan fingerprint density at radius 1 is 0.923 bits per heavy atom. The van der Waals surface area contributed by atoms with Crippen LogP contribution in [0.15, 0.2) is 36.4 Å². The van der Waals surface area contributed by atoms with Crippen LogP contribution in [0.1, 0.15) is 0 Å². The molecule has 2 aromatic rings. The normalized spacial score (nSPS) is 15.9. The average Bonchev–Trinajstić information content (AvgIpc) is 3.12. The summed E-state index contributed by atoms with van der Waals surface area (Å²) in [4.78, 5) is 16.1. The van der Waals surface area contributed by atoms with Crippen LogP contribution in [0.25, 0.3) is 0 Å². The molecule has 0 saturated carbocycles. The van der Waals surface area contributed by atoms with Crippen molar-refractivity contribution in [1.29, 1.82) is 0 Å². The molecule has 2 heterocycles. The quantitative estimate of drug-likeness (QED) is 0.893. The number of urea groups is 1. The van der Waals surface area contributed by atoms with Gasteiger partial charge in [-0.1, -0.05) is 0 Å². The Balaban J connectivity index is 1.35. The maximum Gasteiger partial charge on any atom is 0.321 e. The molecule has 0 spiro atoms. The summed E-state index contributed by atoms with van der Waals surface area (Å²) in [7, 11) is 0. The second kappa shape index (κ2) is 6.70. The van der Waals surface area contributed by atoms with Crippen molar-refractivity contribution in [3.05, 3.63) is 48.0 Å². The van der Waals surface area contributed by atoms with E-state index in [1.54, 1.807) is 4.90 Å². The number of piperazine rings is 1. The minimum absolute atomic E-state index is 0.229. The van der Waals surface area contributed by atoms with E-state index in [0.29, 0.717) is 26.2 Å². The lowest BCUT2D eigenvalue weighted by Gasteiger charge is -2.36. The van der Waals surface area contributed by atoms with Gasteiger partial charge in [-0.05, 0) is 24.3 Å². The summed E-state index contributed by atoms with van der Waals surface area (Å²) in [5.74, 6) is -0.477. The van der Waals surface area contributed by atoms with E-state index in [2.05, 4.69) is 10.2 Å². The molecule has 0 atom stereocenters. The molecule has 2 aliphatic heterocycles. The number of benzene rings is 2. The molecular formula is C18H17F2N3O3. The van der Waals surface area contributed by atoms with Crippen LogP contribution in [0.4, 0.5) is 25.0 Å². The van der Waals surface area contributed by atoms with Gasteiger partial charge >= 0.3 is 6.03 Å². The number of ether oxygens (including phenoxy) is 2. The minimum atomic E-state index is -0.990. The highest BCUT2D eigenvalue weighted by molar-refractivity contribution is 5.89. The van der Waals surface area contributed by atoms with Crippen LogP contribution in [0, 0.1) is 11.6 Å². The smallest absolute Gasteiger partial charge is 0.321 e. The molecule has 1 saturated heterocycles. The number of nitrogens with zero attached hydrogens (tertiary/aromatic N) is 2. The molecule has 26 heavy (non-hydrogen) atoms. The fourth-order valence-electron chi connectivity index (χ4n) is 3.03. The molecule has 2 amide bonds. The van der Waals surface area contributed by atoms with Crippen LogP contribution < -0.4 is 19.7 Å². The van der Waals surface area contributed by atoms with Crippen LogP contribution in [0.3, 0.4) is 0 Å². The highest BCUT2D eigenvalue weighted by Gasteiger charge is 2.23. The molecule has 0 bridgehead atoms. The summed E-state index contributed by atoms with van der Waals surface area (Å²) in [6, 6.07) is 8.72. The first-order valence-corrected chi connectivity index (χ1v) is 8.26. The first-order valence-electron chi connectivity index (χ1n) is 8.26. The predicted molar refractivity (Wildman–Crippen MR) is 91.7 cm³/mol. The van der Waals surface area contributed by atoms with E-state index in [9.17, 15) is 13.6 Å². The Kier molecular flexibility index (Phi) is 4.24. The van der Waals surface area contributed by atoms with Crippen LogP contribution >= 0.6 is 0 Å². The van der Waals surface area contributed by atoms with E-state index in [-0.39, 0.29) is 18.5 Å². The Labute approximate surface area is 148 Å². The van der Waals surface area contributed by atoms with Gasteiger partial charge in [0.25, 0.3) is 0 Å². The third-order valence-corrected chi connectivity index (χ3v) is 4.46. The first kappa shape index (κ1) is 16.4. The predicted octanol–water partition coefficient (Wildman–Crippen LogP) is 3.05. The second-order valence-electron chi connectivity index (χ2n) is 6.07. The summed E-state index contributed by atoms with van der Waals surface area (Å²) < 4.78 is 36.9. The van der Waals surface area contributed by atoms with Gasteiger partial charge in [0, 0.05) is 49.7 Å². The summed E-state index contributed by atoms with van der Waals surface area (Å²) in [6.45, 7) is 2.58. The van der Waals surface area contributed by atoms with E-state index in [4.69, 9.17) is 9.47 Å². The van der Waals surface area contributed by atoms with Gasteiger partial charge in [0.05, 0.1) is 0 Å². The molecule has 0 unspecified atom stereocenters. The Hall–Kier alpha value is -3.03.